The summed E-state index contributed by atoms with van der Waals surface area (Å²) in [6, 6.07) is 4.84. The van der Waals surface area contributed by atoms with Gasteiger partial charge < -0.3 is 9.64 Å². The van der Waals surface area contributed by atoms with Crippen LogP contribution in [-0.4, -0.2) is 46.0 Å². The smallest absolute Gasteiger partial charge is 0.410 e. The van der Waals surface area contributed by atoms with Gasteiger partial charge in [0.1, 0.15) is 11.6 Å². The SMILES string of the molecule is CC(C)N(Cc1ccc(Cl)c(Cl)c1)C(=O)C1CCCCN1C(=O)OC(C)(C)C. The Morgan fingerprint density at radius 2 is 1.89 bits per heavy atom. The van der Waals surface area contributed by atoms with Gasteiger partial charge in [0.15, 0.2) is 0 Å². The molecule has 1 saturated heterocycles. The van der Waals surface area contributed by atoms with E-state index in [0.717, 1.165) is 18.4 Å². The Morgan fingerprint density at radius 1 is 1.21 bits per heavy atom. The molecule has 1 aromatic carbocycles. The van der Waals surface area contributed by atoms with E-state index in [9.17, 15) is 9.59 Å². The Bertz CT molecular complexity index is 716. The first-order chi connectivity index (χ1) is 13.0. The molecular weight excluding hydrogens is 399 g/mol. The second-order valence-electron chi connectivity index (χ2n) is 8.49. The lowest BCUT2D eigenvalue weighted by atomic mass is 10.0. The van der Waals surface area contributed by atoms with Gasteiger partial charge in [-0.15, -0.1) is 0 Å². The summed E-state index contributed by atoms with van der Waals surface area (Å²) in [7, 11) is 0. The molecule has 0 radical (unpaired) electrons. The minimum Gasteiger partial charge on any atom is -0.444 e. The second-order valence-corrected chi connectivity index (χ2v) is 9.31. The van der Waals surface area contributed by atoms with Crippen molar-refractivity contribution < 1.29 is 14.3 Å². The number of hydrogen-bond donors (Lipinski definition) is 0. The van der Waals surface area contributed by atoms with E-state index in [1.165, 1.54) is 0 Å². The highest BCUT2D eigenvalue weighted by molar-refractivity contribution is 6.42. The number of amides is 2. The van der Waals surface area contributed by atoms with Crippen LogP contribution in [0.25, 0.3) is 0 Å². The van der Waals surface area contributed by atoms with Crippen molar-refractivity contribution in [1.82, 2.24) is 9.80 Å². The molecular formula is C21H30Cl2N2O3. The van der Waals surface area contributed by atoms with Gasteiger partial charge in [-0.25, -0.2) is 4.79 Å². The fraction of sp³-hybridized carbons (Fsp3) is 0.619. The first kappa shape index (κ1) is 22.8. The molecule has 0 bridgehead atoms. The van der Waals surface area contributed by atoms with E-state index in [-0.39, 0.29) is 11.9 Å². The highest BCUT2D eigenvalue weighted by Gasteiger charge is 2.37. The fourth-order valence-corrected chi connectivity index (χ4v) is 3.59. The van der Waals surface area contributed by atoms with Gasteiger partial charge in [-0.3, -0.25) is 9.69 Å². The van der Waals surface area contributed by atoms with Crippen LogP contribution in [0.1, 0.15) is 59.4 Å². The number of benzene rings is 1. The average molecular weight is 429 g/mol. The van der Waals surface area contributed by atoms with Gasteiger partial charge >= 0.3 is 6.09 Å². The minimum absolute atomic E-state index is 0.0237. The highest BCUT2D eigenvalue weighted by Crippen LogP contribution is 2.26. The van der Waals surface area contributed by atoms with Gasteiger partial charge in [0.2, 0.25) is 5.91 Å². The summed E-state index contributed by atoms with van der Waals surface area (Å²) in [5, 5.41) is 0.944. The van der Waals surface area contributed by atoms with Crippen LogP contribution in [0.3, 0.4) is 0 Å². The van der Waals surface area contributed by atoms with Crippen LogP contribution in [0, 0.1) is 0 Å². The van der Waals surface area contributed by atoms with Crippen molar-refractivity contribution in [3.63, 3.8) is 0 Å². The number of carbonyl (C=O) groups is 2. The molecule has 1 aliphatic rings. The lowest BCUT2D eigenvalue weighted by Crippen LogP contribution is -2.55. The van der Waals surface area contributed by atoms with Crippen molar-refractivity contribution in [2.45, 2.75) is 78.1 Å². The first-order valence-electron chi connectivity index (χ1n) is 9.73. The van der Waals surface area contributed by atoms with Crippen LogP contribution >= 0.6 is 23.2 Å². The summed E-state index contributed by atoms with van der Waals surface area (Å²) in [5.74, 6) is -0.0633. The molecule has 0 spiro atoms. The standard InChI is InChI=1S/C21H30Cl2N2O3/c1-14(2)25(13-15-9-10-16(22)17(23)12-15)19(26)18-8-6-7-11-24(18)20(27)28-21(3,4)5/h9-10,12,14,18H,6-8,11,13H2,1-5H3. The van der Waals surface area contributed by atoms with Crippen molar-refractivity contribution in [1.29, 1.82) is 0 Å². The van der Waals surface area contributed by atoms with Crippen molar-refractivity contribution in [3.05, 3.63) is 33.8 Å². The number of carbonyl (C=O) groups excluding carboxylic acids is 2. The minimum atomic E-state index is -0.597. The summed E-state index contributed by atoms with van der Waals surface area (Å²) in [6.45, 7) is 10.4. The summed E-state index contributed by atoms with van der Waals surface area (Å²) in [4.78, 5) is 29.4. The average Bonchev–Trinajstić information content (AvgIpc) is 2.60. The van der Waals surface area contributed by atoms with Crippen LogP contribution in [0.2, 0.25) is 10.0 Å². The predicted molar refractivity (Wildman–Crippen MR) is 113 cm³/mol. The van der Waals surface area contributed by atoms with E-state index in [1.54, 1.807) is 21.9 Å². The quantitative estimate of drug-likeness (QED) is 0.633. The molecule has 5 nitrogen and oxygen atoms in total. The molecule has 7 heteroatoms. The Labute approximate surface area is 177 Å². The van der Waals surface area contributed by atoms with Crippen molar-refractivity contribution >= 4 is 35.2 Å². The molecule has 1 unspecified atom stereocenters. The largest absolute Gasteiger partial charge is 0.444 e. The molecule has 156 valence electrons. The lowest BCUT2D eigenvalue weighted by Gasteiger charge is -2.39. The van der Waals surface area contributed by atoms with Crippen LogP contribution in [0.5, 0.6) is 0 Å². The van der Waals surface area contributed by atoms with Gasteiger partial charge in [-0.1, -0.05) is 29.3 Å². The van der Waals surface area contributed by atoms with Gasteiger partial charge in [0, 0.05) is 19.1 Å². The molecule has 0 saturated carbocycles. The molecule has 2 rings (SSSR count). The monoisotopic (exact) mass is 428 g/mol. The Hall–Kier alpha value is -1.46. The zero-order chi connectivity index (χ0) is 21.1. The fourth-order valence-electron chi connectivity index (χ4n) is 3.27. The number of hydrogen-bond acceptors (Lipinski definition) is 3. The summed E-state index contributed by atoms with van der Waals surface area (Å²) in [5.41, 5.74) is 0.302. The van der Waals surface area contributed by atoms with Crippen molar-refractivity contribution in [2.75, 3.05) is 6.54 Å². The molecule has 2 amide bonds. The first-order valence-corrected chi connectivity index (χ1v) is 10.5. The highest BCUT2D eigenvalue weighted by atomic mass is 35.5. The van der Waals surface area contributed by atoms with Crippen LogP contribution < -0.4 is 0 Å². The summed E-state index contributed by atoms with van der Waals surface area (Å²) < 4.78 is 5.53. The Morgan fingerprint density at radius 3 is 2.46 bits per heavy atom. The lowest BCUT2D eigenvalue weighted by molar-refractivity contribution is -0.140. The van der Waals surface area contributed by atoms with Gasteiger partial charge in [-0.2, -0.15) is 0 Å². The van der Waals surface area contributed by atoms with E-state index in [1.807, 2.05) is 40.7 Å². The maximum Gasteiger partial charge on any atom is 0.410 e. The third-order valence-electron chi connectivity index (χ3n) is 4.66. The zero-order valence-corrected chi connectivity index (χ0v) is 18.8. The molecule has 1 fully saturated rings. The number of piperidine rings is 1. The molecule has 1 atom stereocenters. The molecule has 0 N–H and O–H groups in total. The molecule has 0 aliphatic carbocycles. The number of nitrogens with zero attached hydrogens (tertiary/aromatic N) is 2. The third-order valence-corrected chi connectivity index (χ3v) is 5.40. The van der Waals surface area contributed by atoms with Crippen molar-refractivity contribution in [2.24, 2.45) is 0 Å². The molecule has 1 heterocycles. The number of rotatable bonds is 4. The van der Waals surface area contributed by atoms with Crippen LogP contribution in [0.15, 0.2) is 18.2 Å². The zero-order valence-electron chi connectivity index (χ0n) is 17.3. The maximum atomic E-state index is 13.4. The van der Waals surface area contributed by atoms with E-state index in [0.29, 0.717) is 29.6 Å². The number of likely N-dealkylation sites (tertiary alicyclic amines) is 1. The van der Waals surface area contributed by atoms with E-state index < -0.39 is 17.7 Å². The Kier molecular flexibility index (Phi) is 7.63. The molecule has 1 aromatic rings. The predicted octanol–water partition coefficient (Wildman–Crippen LogP) is 5.52. The third kappa shape index (κ3) is 6.02. The molecule has 28 heavy (non-hydrogen) atoms. The van der Waals surface area contributed by atoms with Gasteiger partial charge in [-0.05, 0) is 71.6 Å². The van der Waals surface area contributed by atoms with E-state index in [2.05, 4.69) is 0 Å². The molecule has 1 aliphatic heterocycles. The maximum absolute atomic E-state index is 13.4. The van der Waals surface area contributed by atoms with Crippen LogP contribution in [0.4, 0.5) is 4.79 Å². The van der Waals surface area contributed by atoms with Gasteiger partial charge in [0.05, 0.1) is 10.0 Å². The van der Waals surface area contributed by atoms with E-state index in [4.69, 9.17) is 27.9 Å². The number of halogens is 2. The topological polar surface area (TPSA) is 49.9 Å². The summed E-state index contributed by atoms with van der Waals surface area (Å²) in [6.07, 6.45) is 2.00. The second kappa shape index (κ2) is 9.36. The van der Waals surface area contributed by atoms with Crippen molar-refractivity contribution in [3.8, 4) is 0 Å². The van der Waals surface area contributed by atoms with Crippen LogP contribution in [-0.2, 0) is 16.1 Å². The van der Waals surface area contributed by atoms with E-state index >= 15 is 0 Å². The van der Waals surface area contributed by atoms with Gasteiger partial charge in [0.25, 0.3) is 0 Å². The normalized spacial score (nSPS) is 17.6. The molecule has 0 aromatic heterocycles. The number of ether oxygens (including phenoxy) is 1. The Balaban J connectivity index is 2.21. The summed E-state index contributed by atoms with van der Waals surface area (Å²) >= 11 is 12.1.